The Labute approximate surface area is 218 Å². The highest BCUT2D eigenvalue weighted by molar-refractivity contribution is 7.92. The van der Waals surface area contributed by atoms with Gasteiger partial charge in [-0.25, -0.2) is 27.2 Å². The third-order valence-electron chi connectivity index (χ3n) is 6.75. The second kappa shape index (κ2) is 10.1. The number of anilines is 1. The van der Waals surface area contributed by atoms with Gasteiger partial charge < -0.3 is 10.6 Å². The minimum atomic E-state index is -3.69. The van der Waals surface area contributed by atoms with Gasteiger partial charge in [-0.15, -0.1) is 0 Å². The lowest BCUT2D eigenvalue weighted by Gasteiger charge is -2.30. The number of sulfonamides is 1. The molecule has 2 heterocycles. The van der Waals surface area contributed by atoms with Crippen molar-refractivity contribution in [3.63, 3.8) is 0 Å². The summed E-state index contributed by atoms with van der Waals surface area (Å²) < 4.78 is 56.3. The molecule has 2 aliphatic rings. The number of para-hydroxylation sites is 1. The molecule has 0 atom stereocenters. The van der Waals surface area contributed by atoms with E-state index in [9.17, 15) is 22.4 Å². The molecule has 12 heteroatoms. The summed E-state index contributed by atoms with van der Waals surface area (Å²) in [6, 6.07) is 8.39. The maximum Gasteiger partial charge on any atom is 0.255 e. The minimum absolute atomic E-state index is 0.0746. The van der Waals surface area contributed by atoms with Gasteiger partial charge in [0.05, 0.1) is 17.0 Å². The number of nitrogens with zero attached hydrogens (tertiary/aromatic N) is 3. The van der Waals surface area contributed by atoms with E-state index in [0.29, 0.717) is 31.2 Å². The van der Waals surface area contributed by atoms with E-state index in [2.05, 4.69) is 20.6 Å². The highest BCUT2D eigenvalue weighted by atomic mass is 32.2. The van der Waals surface area contributed by atoms with Crippen LogP contribution in [0.2, 0.25) is 0 Å². The molecule has 3 aromatic rings. The lowest BCUT2D eigenvalue weighted by atomic mass is 10.0. The van der Waals surface area contributed by atoms with Crippen molar-refractivity contribution in [2.45, 2.75) is 37.8 Å². The van der Waals surface area contributed by atoms with Crippen molar-refractivity contribution in [1.82, 2.24) is 20.6 Å². The Morgan fingerprint density at radius 2 is 1.79 bits per heavy atom. The number of hydrogen-bond donors (Lipinski definition) is 2. The second-order valence-corrected chi connectivity index (χ2v) is 11.4. The molecular formula is C26H25F2N5O4S. The number of hydrogen-bond acceptors (Lipinski definition) is 6. The third kappa shape index (κ3) is 5.08. The summed E-state index contributed by atoms with van der Waals surface area (Å²) in [5.74, 6) is -2.34. The van der Waals surface area contributed by atoms with E-state index in [4.69, 9.17) is 0 Å². The molecular weight excluding hydrogens is 516 g/mol. The smallest absolute Gasteiger partial charge is 0.255 e. The van der Waals surface area contributed by atoms with Crippen LogP contribution in [0.4, 0.5) is 14.5 Å². The summed E-state index contributed by atoms with van der Waals surface area (Å²) in [6.07, 6.45) is 5.98. The van der Waals surface area contributed by atoms with Crippen LogP contribution in [0, 0.1) is 11.6 Å². The molecule has 2 amide bonds. The van der Waals surface area contributed by atoms with E-state index in [1.54, 1.807) is 12.1 Å². The van der Waals surface area contributed by atoms with E-state index in [-0.39, 0.29) is 41.2 Å². The Morgan fingerprint density at radius 3 is 2.47 bits per heavy atom. The largest absolute Gasteiger partial charge is 0.350 e. The van der Waals surface area contributed by atoms with Crippen molar-refractivity contribution in [3.05, 3.63) is 77.9 Å². The summed E-state index contributed by atoms with van der Waals surface area (Å²) in [5.41, 5.74) is -0.188. The molecule has 9 nitrogen and oxygen atoms in total. The number of halogens is 2. The summed E-state index contributed by atoms with van der Waals surface area (Å²) in [7, 11) is -3.69. The third-order valence-corrected chi connectivity index (χ3v) is 8.59. The highest BCUT2D eigenvalue weighted by Crippen LogP contribution is 2.38. The molecule has 0 spiro atoms. The van der Waals surface area contributed by atoms with Gasteiger partial charge in [0.15, 0.2) is 0 Å². The quantitative estimate of drug-likeness (QED) is 0.475. The van der Waals surface area contributed by atoms with Crippen LogP contribution in [0.25, 0.3) is 11.1 Å². The average Bonchev–Trinajstić information content (AvgIpc) is 3.69. The SMILES string of the molecule is O=C(NC1(C(=O)NCc2ccc(-c3cccc(F)c3N3CCCCS3(=O)=O)cc2F)CC1)c1cncnc1. The van der Waals surface area contributed by atoms with Gasteiger partial charge in [0.1, 0.15) is 23.5 Å². The molecule has 5 rings (SSSR count). The monoisotopic (exact) mass is 541 g/mol. The predicted molar refractivity (Wildman–Crippen MR) is 135 cm³/mol. The van der Waals surface area contributed by atoms with Crippen LogP contribution in [0.3, 0.4) is 0 Å². The number of aromatic nitrogens is 2. The second-order valence-electron chi connectivity index (χ2n) is 9.38. The first kappa shape index (κ1) is 25.7. The lowest BCUT2D eigenvalue weighted by Crippen LogP contribution is -2.48. The van der Waals surface area contributed by atoms with E-state index in [1.807, 2.05) is 0 Å². The van der Waals surface area contributed by atoms with Crippen LogP contribution >= 0.6 is 0 Å². The molecule has 1 aliphatic heterocycles. The molecule has 1 saturated heterocycles. The molecule has 2 aromatic carbocycles. The van der Waals surface area contributed by atoms with Gasteiger partial charge in [0, 0.05) is 36.6 Å². The fraction of sp³-hybridized carbons (Fsp3) is 0.308. The summed E-state index contributed by atoms with van der Waals surface area (Å²) in [5, 5.41) is 5.37. The van der Waals surface area contributed by atoms with Crippen LogP contribution in [-0.4, -0.2) is 48.0 Å². The zero-order valence-electron chi connectivity index (χ0n) is 20.3. The van der Waals surface area contributed by atoms with Crippen LogP contribution in [0.1, 0.15) is 41.6 Å². The fourth-order valence-electron chi connectivity index (χ4n) is 4.48. The Balaban J connectivity index is 1.31. The van der Waals surface area contributed by atoms with Crippen molar-refractivity contribution in [2.24, 2.45) is 0 Å². The zero-order valence-corrected chi connectivity index (χ0v) is 21.1. The van der Waals surface area contributed by atoms with Crippen LogP contribution in [-0.2, 0) is 21.4 Å². The van der Waals surface area contributed by atoms with E-state index in [1.165, 1.54) is 43.0 Å². The molecule has 0 unspecified atom stereocenters. The first-order valence-corrected chi connectivity index (χ1v) is 13.7. The number of benzene rings is 2. The summed E-state index contributed by atoms with van der Waals surface area (Å²) in [4.78, 5) is 32.8. The first-order valence-electron chi connectivity index (χ1n) is 12.1. The predicted octanol–water partition coefficient (Wildman–Crippen LogP) is 2.93. The molecule has 1 saturated carbocycles. The van der Waals surface area contributed by atoms with Gasteiger partial charge in [-0.05, 0) is 43.4 Å². The maximum absolute atomic E-state index is 15.1. The van der Waals surface area contributed by atoms with Crippen LogP contribution < -0.4 is 14.9 Å². The van der Waals surface area contributed by atoms with Crippen molar-refractivity contribution in [1.29, 1.82) is 0 Å². The van der Waals surface area contributed by atoms with E-state index in [0.717, 1.165) is 4.31 Å². The molecule has 38 heavy (non-hydrogen) atoms. The van der Waals surface area contributed by atoms with E-state index < -0.39 is 39.0 Å². The molecule has 2 N–H and O–H groups in total. The number of carbonyl (C=O) groups excluding carboxylic acids is 2. The highest BCUT2D eigenvalue weighted by Gasteiger charge is 2.51. The average molecular weight is 542 g/mol. The Kier molecular flexibility index (Phi) is 6.82. The van der Waals surface area contributed by atoms with Crippen molar-refractivity contribution in [3.8, 4) is 11.1 Å². The normalized spacial score (nSPS) is 17.5. The van der Waals surface area contributed by atoms with Gasteiger partial charge in [0.2, 0.25) is 15.9 Å². The molecule has 2 fully saturated rings. The molecule has 0 bridgehead atoms. The van der Waals surface area contributed by atoms with Crippen molar-refractivity contribution < 1.29 is 26.8 Å². The van der Waals surface area contributed by atoms with Gasteiger partial charge >= 0.3 is 0 Å². The van der Waals surface area contributed by atoms with Crippen LogP contribution in [0.15, 0.2) is 55.1 Å². The fourth-order valence-corrected chi connectivity index (χ4v) is 6.14. The molecule has 1 aromatic heterocycles. The van der Waals surface area contributed by atoms with Gasteiger partial charge in [-0.2, -0.15) is 0 Å². The maximum atomic E-state index is 15.1. The number of rotatable bonds is 7. The number of amides is 2. The molecule has 1 aliphatic carbocycles. The molecule has 0 radical (unpaired) electrons. The Hall–Kier alpha value is -3.93. The first-order chi connectivity index (χ1) is 18.2. The standard InChI is InChI=1S/C26H25F2N5O4S/c27-21-5-3-4-20(23(21)33-10-1-2-11-38(33,36)37)17-6-7-18(22(28)12-17)15-31-25(35)26(8-9-26)32-24(34)19-13-29-16-30-14-19/h3-7,12-14,16H,1-2,8-11,15H2,(H,31,35)(H,32,34). The lowest BCUT2D eigenvalue weighted by molar-refractivity contribution is -0.124. The zero-order chi connectivity index (χ0) is 26.9. The van der Waals surface area contributed by atoms with Crippen molar-refractivity contribution >= 4 is 27.5 Å². The van der Waals surface area contributed by atoms with Gasteiger partial charge in [-0.1, -0.05) is 24.3 Å². The van der Waals surface area contributed by atoms with Gasteiger partial charge in [-0.3, -0.25) is 13.9 Å². The van der Waals surface area contributed by atoms with E-state index >= 15 is 4.39 Å². The molecule has 198 valence electrons. The topological polar surface area (TPSA) is 121 Å². The minimum Gasteiger partial charge on any atom is -0.350 e. The Morgan fingerprint density at radius 1 is 1.03 bits per heavy atom. The van der Waals surface area contributed by atoms with Gasteiger partial charge in [0.25, 0.3) is 5.91 Å². The number of carbonyl (C=O) groups is 2. The summed E-state index contributed by atoms with van der Waals surface area (Å²) in [6.45, 7) is 0.0198. The van der Waals surface area contributed by atoms with Crippen LogP contribution in [0.5, 0.6) is 0 Å². The summed E-state index contributed by atoms with van der Waals surface area (Å²) >= 11 is 0. The van der Waals surface area contributed by atoms with Crippen molar-refractivity contribution in [2.75, 3.05) is 16.6 Å². The Bertz CT molecular complexity index is 1500. The number of nitrogens with one attached hydrogen (secondary N) is 2.